The van der Waals surface area contributed by atoms with E-state index >= 15 is 0 Å². The molecule has 96 valence electrons. The van der Waals surface area contributed by atoms with Gasteiger partial charge in [0.1, 0.15) is 0 Å². The largest absolute Gasteiger partial charge is 0.381 e. The maximum atomic E-state index is 5.86. The molecule has 0 spiro atoms. The molecule has 1 aliphatic heterocycles. The van der Waals surface area contributed by atoms with Crippen LogP contribution in [0.2, 0.25) is 0 Å². The molecule has 0 aliphatic carbocycles. The van der Waals surface area contributed by atoms with Gasteiger partial charge in [-0.05, 0) is 19.4 Å². The molecule has 2 unspecified atom stereocenters. The van der Waals surface area contributed by atoms with Crippen molar-refractivity contribution in [2.45, 2.75) is 51.2 Å². The normalized spacial score (nSPS) is 24.0. The minimum atomic E-state index is -0.0262. The molecule has 0 saturated carbocycles. The van der Waals surface area contributed by atoms with Crippen molar-refractivity contribution in [1.82, 2.24) is 5.32 Å². The van der Waals surface area contributed by atoms with Crippen LogP contribution in [-0.2, 0) is 9.47 Å². The SMILES string of the molecule is CCCC(C)C(NC)C1(OC)CCOCC1. The highest BCUT2D eigenvalue weighted by Crippen LogP contribution is 2.33. The first kappa shape index (κ1) is 13.9. The van der Waals surface area contributed by atoms with Crippen molar-refractivity contribution in [1.29, 1.82) is 0 Å². The van der Waals surface area contributed by atoms with Gasteiger partial charge in [0.2, 0.25) is 0 Å². The van der Waals surface area contributed by atoms with E-state index in [1.807, 2.05) is 14.2 Å². The second-order valence-corrected chi connectivity index (χ2v) is 4.91. The van der Waals surface area contributed by atoms with Gasteiger partial charge in [0.05, 0.1) is 5.60 Å². The summed E-state index contributed by atoms with van der Waals surface area (Å²) in [5, 5.41) is 3.47. The smallest absolute Gasteiger partial charge is 0.0877 e. The summed E-state index contributed by atoms with van der Waals surface area (Å²) in [6, 6.07) is 0.432. The average molecular weight is 229 g/mol. The highest BCUT2D eigenvalue weighted by molar-refractivity contribution is 4.96. The lowest BCUT2D eigenvalue weighted by atomic mass is 9.78. The van der Waals surface area contributed by atoms with Crippen molar-refractivity contribution in [3.8, 4) is 0 Å². The van der Waals surface area contributed by atoms with Gasteiger partial charge < -0.3 is 14.8 Å². The number of hydrogen-bond donors (Lipinski definition) is 1. The van der Waals surface area contributed by atoms with Crippen LogP contribution in [0, 0.1) is 5.92 Å². The first-order chi connectivity index (χ1) is 7.70. The Bertz CT molecular complexity index is 190. The fraction of sp³-hybridized carbons (Fsp3) is 1.00. The Balaban J connectivity index is 2.72. The Kier molecular flexibility index (Phi) is 5.73. The molecule has 1 heterocycles. The average Bonchev–Trinajstić information content (AvgIpc) is 2.31. The summed E-state index contributed by atoms with van der Waals surface area (Å²) in [6.45, 7) is 6.21. The molecular formula is C13H27NO2. The van der Waals surface area contributed by atoms with Crippen molar-refractivity contribution < 1.29 is 9.47 Å². The first-order valence-electron chi connectivity index (χ1n) is 6.50. The lowest BCUT2D eigenvalue weighted by Gasteiger charge is -2.44. The van der Waals surface area contributed by atoms with E-state index in [0.717, 1.165) is 26.1 Å². The highest BCUT2D eigenvalue weighted by Gasteiger charge is 2.42. The van der Waals surface area contributed by atoms with Crippen molar-refractivity contribution in [2.24, 2.45) is 5.92 Å². The van der Waals surface area contributed by atoms with E-state index in [0.29, 0.717) is 12.0 Å². The van der Waals surface area contributed by atoms with Gasteiger partial charge in [0.25, 0.3) is 0 Å². The summed E-state index contributed by atoms with van der Waals surface area (Å²) < 4.78 is 11.3. The van der Waals surface area contributed by atoms with E-state index in [1.165, 1.54) is 12.8 Å². The number of hydrogen-bond acceptors (Lipinski definition) is 3. The zero-order valence-corrected chi connectivity index (χ0v) is 11.2. The van der Waals surface area contributed by atoms with E-state index in [9.17, 15) is 0 Å². The topological polar surface area (TPSA) is 30.5 Å². The second kappa shape index (κ2) is 6.58. The van der Waals surface area contributed by atoms with E-state index in [-0.39, 0.29) is 5.60 Å². The van der Waals surface area contributed by atoms with Gasteiger partial charge in [-0.1, -0.05) is 20.3 Å². The number of methoxy groups -OCH3 is 1. The molecule has 0 amide bonds. The van der Waals surface area contributed by atoms with Crippen LogP contribution in [0.15, 0.2) is 0 Å². The Hall–Kier alpha value is -0.120. The molecule has 2 atom stereocenters. The lowest BCUT2D eigenvalue weighted by molar-refractivity contribution is -0.118. The summed E-state index contributed by atoms with van der Waals surface area (Å²) in [5.74, 6) is 0.646. The molecule has 0 radical (unpaired) electrons. The molecular weight excluding hydrogens is 202 g/mol. The fourth-order valence-electron chi connectivity index (χ4n) is 3.05. The van der Waals surface area contributed by atoms with Crippen molar-refractivity contribution in [3.05, 3.63) is 0 Å². The zero-order chi connectivity index (χ0) is 12.0. The third-order valence-electron chi connectivity index (χ3n) is 3.94. The maximum absolute atomic E-state index is 5.86. The first-order valence-corrected chi connectivity index (χ1v) is 6.50. The zero-order valence-electron chi connectivity index (χ0n) is 11.2. The third kappa shape index (κ3) is 2.96. The van der Waals surface area contributed by atoms with Crippen LogP contribution >= 0.6 is 0 Å². The van der Waals surface area contributed by atoms with Crippen LogP contribution in [0.25, 0.3) is 0 Å². The van der Waals surface area contributed by atoms with Gasteiger partial charge in [-0.3, -0.25) is 0 Å². The van der Waals surface area contributed by atoms with Crippen LogP contribution in [0.4, 0.5) is 0 Å². The van der Waals surface area contributed by atoms with Crippen LogP contribution in [0.3, 0.4) is 0 Å². The second-order valence-electron chi connectivity index (χ2n) is 4.91. The number of nitrogens with one attached hydrogen (secondary N) is 1. The van der Waals surface area contributed by atoms with Crippen LogP contribution in [0.1, 0.15) is 39.5 Å². The van der Waals surface area contributed by atoms with Crippen LogP contribution in [-0.4, -0.2) is 39.0 Å². The number of ether oxygens (including phenoxy) is 2. The van der Waals surface area contributed by atoms with Gasteiger partial charge >= 0.3 is 0 Å². The van der Waals surface area contributed by atoms with Gasteiger partial charge in [-0.25, -0.2) is 0 Å². The minimum Gasteiger partial charge on any atom is -0.381 e. The van der Waals surface area contributed by atoms with E-state index in [4.69, 9.17) is 9.47 Å². The molecule has 1 aliphatic rings. The minimum absolute atomic E-state index is 0.0262. The summed E-state index contributed by atoms with van der Waals surface area (Å²) >= 11 is 0. The van der Waals surface area contributed by atoms with Crippen molar-refractivity contribution in [3.63, 3.8) is 0 Å². The molecule has 1 fully saturated rings. The Morgan fingerprint density at radius 1 is 1.38 bits per heavy atom. The monoisotopic (exact) mass is 229 g/mol. The molecule has 0 aromatic heterocycles. The molecule has 0 bridgehead atoms. The van der Waals surface area contributed by atoms with Crippen LogP contribution < -0.4 is 5.32 Å². The third-order valence-corrected chi connectivity index (χ3v) is 3.94. The standard InChI is InChI=1S/C13H27NO2/c1-5-6-11(2)12(14-3)13(15-4)7-9-16-10-8-13/h11-12,14H,5-10H2,1-4H3. The molecule has 16 heavy (non-hydrogen) atoms. The quantitative estimate of drug-likeness (QED) is 0.757. The molecule has 3 nitrogen and oxygen atoms in total. The van der Waals surface area contributed by atoms with Gasteiger partial charge in [-0.15, -0.1) is 0 Å². The predicted octanol–water partition coefficient (Wildman–Crippen LogP) is 2.21. The maximum Gasteiger partial charge on any atom is 0.0877 e. The molecule has 3 heteroatoms. The Morgan fingerprint density at radius 2 is 2.00 bits per heavy atom. The summed E-state index contributed by atoms with van der Waals surface area (Å²) in [6.07, 6.45) is 4.49. The van der Waals surface area contributed by atoms with Gasteiger partial charge in [-0.2, -0.15) is 0 Å². The number of rotatable bonds is 6. The molecule has 1 saturated heterocycles. The van der Waals surface area contributed by atoms with E-state index in [2.05, 4.69) is 19.2 Å². The lowest BCUT2D eigenvalue weighted by Crippen LogP contribution is -2.56. The summed E-state index contributed by atoms with van der Waals surface area (Å²) in [7, 11) is 3.89. The Labute approximate surface area is 99.9 Å². The highest BCUT2D eigenvalue weighted by atomic mass is 16.5. The van der Waals surface area contributed by atoms with E-state index in [1.54, 1.807) is 0 Å². The van der Waals surface area contributed by atoms with Crippen molar-refractivity contribution >= 4 is 0 Å². The molecule has 1 rings (SSSR count). The Morgan fingerprint density at radius 3 is 2.44 bits per heavy atom. The van der Waals surface area contributed by atoms with Crippen LogP contribution in [0.5, 0.6) is 0 Å². The summed E-state index contributed by atoms with van der Waals surface area (Å²) in [5.41, 5.74) is -0.0262. The fourth-order valence-corrected chi connectivity index (χ4v) is 3.05. The van der Waals surface area contributed by atoms with Crippen molar-refractivity contribution in [2.75, 3.05) is 27.4 Å². The summed E-state index contributed by atoms with van der Waals surface area (Å²) in [4.78, 5) is 0. The molecule has 0 aromatic carbocycles. The van der Waals surface area contributed by atoms with E-state index < -0.39 is 0 Å². The predicted molar refractivity (Wildman–Crippen MR) is 66.7 cm³/mol. The number of likely N-dealkylation sites (N-methyl/N-ethyl adjacent to an activating group) is 1. The van der Waals surface area contributed by atoms with Gasteiger partial charge in [0.15, 0.2) is 0 Å². The molecule has 0 aromatic rings. The molecule has 1 N–H and O–H groups in total. The van der Waals surface area contributed by atoms with Gasteiger partial charge in [0, 0.05) is 39.2 Å².